The van der Waals surface area contributed by atoms with Gasteiger partial charge in [0, 0.05) is 39.0 Å². The van der Waals surface area contributed by atoms with Crippen molar-refractivity contribution in [3.05, 3.63) is 72.9 Å². The zero-order valence-electron chi connectivity index (χ0n) is 29.2. The number of carbonyl (C=O) groups is 2. The summed E-state index contributed by atoms with van der Waals surface area (Å²) >= 11 is 0. The van der Waals surface area contributed by atoms with E-state index in [9.17, 15) is 9.59 Å². The first-order valence-corrected chi connectivity index (χ1v) is 18.3. The van der Waals surface area contributed by atoms with Crippen molar-refractivity contribution in [3.8, 4) is 0 Å². The van der Waals surface area contributed by atoms with E-state index in [-0.39, 0.29) is 11.8 Å². The van der Waals surface area contributed by atoms with Crippen LogP contribution in [0, 0.1) is 0 Å². The lowest BCUT2D eigenvalue weighted by Crippen LogP contribution is -2.36. The smallest absolute Gasteiger partial charge is 0.220 e. The van der Waals surface area contributed by atoms with Crippen LogP contribution in [0.1, 0.15) is 142 Å². The molecule has 256 valence electrons. The number of nitrogens with one attached hydrogen (secondary N) is 3. The van der Waals surface area contributed by atoms with E-state index in [0.717, 1.165) is 90.1 Å². The quantitative estimate of drug-likeness (QED) is 0.0516. The van der Waals surface area contributed by atoms with Gasteiger partial charge >= 0.3 is 0 Å². The topological polar surface area (TPSA) is 70.2 Å². The van der Waals surface area contributed by atoms with Crippen LogP contribution < -0.4 is 16.0 Å². The summed E-state index contributed by atoms with van der Waals surface area (Å²) in [7, 11) is 0. The zero-order chi connectivity index (χ0) is 32.7. The molecule has 0 fully saturated rings. The zero-order valence-corrected chi connectivity index (χ0v) is 29.2. The Balaban J connectivity index is 3.39. The Morgan fingerprint density at radius 2 is 0.733 bits per heavy atom. The van der Waals surface area contributed by atoms with Gasteiger partial charge < -0.3 is 16.0 Å². The number of hydrogen-bond acceptors (Lipinski definition) is 3. The Kier molecular flexibility index (Phi) is 35.3. The van der Waals surface area contributed by atoms with Gasteiger partial charge in [0.25, 0.3) is 0 Å². The predicted molar refractivity (Wildman–Crippen MR) is 197 cm³/mol. The third-order valence-corrected chi connectivity index (χ3v) is 7.36. The predicted octanol–water partition coefficient (Wildman–Crippen LogP) is 9.99. The fourth-order valence-corrected chi connectivity index (χ4v) is 4.69. The molecule has 0 heterocycles. The molecule has 0 atom stereocenters. The van der Waals surface area contributed by atoms with Crippen LogP contribution in [0.3, 0.4) is 0 Å². The Morgan fingerprint density at radius 1 is 0.400 bits per heavy atom. The Labute approximate surface area is 278 Å². The lowest BCUT2D eigenvalue weighted by atomic mass is 10.1. The molecule has 0 spiro atoms. The molecule has 0 aromatic carbocycles. The average Bonchev–Trinajstić information content (AvgIpc) is 3.04. The molecular weight excluding hydrogens is 554 g/mol. The van der Waals surface area contributed by atoms with Crippen LogP contribution in [0.2, 0.25) is 0 Å². The molecule has 0 aromatic rings. The maximum atomic E-state index is 12.0. The summed E-state index contributed by atoms with van der Waals surface area (Å²) in [6.45, 7) is 7.03. The first kappa shape index (κ1) is 42.3. The second-order valence-electron chi connectivity index (χ2n) is 11.7. The molecule has 0 rings (SSSR count). The van der Waals surface area contributed by atoms with Gasteiger partial charge in [0.15, 0.2) is 0 Å². The van der Waals surface area contributed by atoms with Crippen LogP contribution in [0.15, 0.2) is 72.9 Å². The summed E-state index contributed by atoms with van der Waals surface area (Å²) in [6.07, 6.45) is 48.2. The van der Waals surface area contributed by atoms with E-state index in [0.29, 0.717) is 25.9 Å². The van der Waals surface area contributed by atoms with Crippen molar-refractivity contribution in [3.63, 3.8) is 0 Å². The average molecular weight is 624 g/mol. The molecule has 0 aliphatic rings. The molecule has 0 unspecified atom stereocenters. The highest BCUT2D eigenvalue weighted by Crippen LogP contribution is 2.09. The molecule has 2 amide bonds. The fourth-order valence-electron chi connectivity index (χ4n) is 4.69. The molecule has 0 bridgehead atoms. The van der Waals surface area contributed by atoms with E-state index >= 15 is 0 Å². The van der Waals surface area contributed by atoms with Crippen molar-refractivity contribution in [2.24, 2.45) is 0 Å². The van der Waals surface area contributed by atoms with Gasteiger partial charge in [-0.2, -0.15) is 0 Å². The first-order valence-electron chi connectivity index (χ1n) is 18.3. The maximum absolute atomic E-state index is 12.0. The Morgan fingerprint density at radius 3 is 1.13 bits per heavy atom. The van der Waals surface area contributed by atoms with E-state index < -0.39 is 0 Å². The van der Waals surface area contributed by atoms with Gasteiger partial charge in [0.1, 0.15) is 0 Å². The van der Waals surface area contributed by atoms with Gasteiger partial charge in [-0.3, -0.25) is 9.59 Å². The summed E-state index contributed by atoms with van der Waals surface area (Å²) in [4.78, 5) is 24.0. The molecule has 3 N–H and O–H groups in total. The second-order valence-corrected chi connectivity index (χ2v) is 11.7. The van der Waals surface area contributed by atoms with E-state index in [1.807, 2.05) is 0 Å². The van der Waals surface area contributed by atoms with Crippen LogP contribution in [0.4, 0.5) is 0 Å². The molecule has 0 aliphatic carbocycles. The van der Waals surface area contributed by atoms with Crippen molar-refractivity contribution in [2.75, 3.05) is 26.2 Å². The van der Waals surface area contributed by atoms with Crippen LogP contribution in [-0.4, -0.2) is 38.0 Å². The monoisotopic (exact) mass is 624 g/mol. The van der Waals surface area contributed by atoms with Crippen molar-refractivity contribution in [1.82, 2.24) is 16.0 Å². The maximum Gasteiger partial charge on any atom is 0.220 e. The van der Waals surface area contributed by atoms with E-state index in [1.165, 1.54) is 38.5 Å². The van der Waals surface area contributed by atoms with Crippen LogP contribution >= 0.6 is 0 Å². The van der Waals surface area contributed by atoms with E-state index in [4.69, 9.17) is 0 Å². The molecule has 0 radical (unpaired) electrons. The van der Waals surface area contributed by atoms with Crippen molar-refractivity contribution in [1.29, 1.82) is 0 Å². The van der Waals surface area contributed by atoms with Gasteiger partial charge in [-0.25, -0.2) is 0 Å². The lowest BCUT2D eigenvalue weighted by molar-refractivity contribution is -0.121. The largest absolute Gasteiger partial charge is 0.355 e. The van der Waals surface area contributed by atoms with Crippen molar-refractivity contribution < 1.29 is 9.59 Å². The Hall–Kier alpha value is -2.66. The van der Waals surface area contributed by atoms with Crippen LogP contribution in [-0.2, 0) is 9.59 Å². The minimum absolute atomic E-state index is 0.140. The van der Waals surface area contributed by atoms with Gasteiger partial charge in [-0.05, 0) is 77.0 Å². The van der Waals surface area contributed by atoms with Gasteiger partial charge in [0.05, 0.1) is 0 Å². The standard InChI is InChI=1S/C40H69N3O2/c1-3-5-7-9-11-13-15-17-19-21-23-25-27-29-31-33-39(44)42-37-35-41-36-38-43-40(45)34-32-30-28-26-24-22-20-18-16-14-12-10-8-6-4-2/h5-8,11-14,17-20,41H,3-4,9-10,15-16,21-38H2,1-2H3,(H,42,44)(H,43,45). The molecule has 0 saturated carbocycles. The minimum atomic E-state index is 0.140. The molecule has 45 heavy (non-hydrogen) atoms. The third kappa shape index (κ3) is 37.4. The van der Waals surface area contributed by atoms with Crippen LogP contribution in [0.25, 0.3) is 0 Å². The first-order chi connectivity index (χ1) is 22.2. The summed E-state index contributed by atoms with van der Waals surface area (Å²) < 4.78 is 0. The van der Waals surface area contributed by atoms with Crippen molar-refractivity contribution in [2.45, 2.75) is 142 Å². The number of hydrogen-bond donors (Lipinski definition) is 3. The van der Waals surface area contributed by atoms with Crippen molar-refractivity contribution >= 4 is 11.8 Å². The van der Waals surface area contributed by atoms with Gasteiger partial charge in [-0.15, -0.1) is 0 Å². The second kappa shape index (κ2) is 37.5. The van der Waals surface area contributed by atoms with E-state index in [1.54, 1.807) is 0 Å². The highest BCUT2D eigenvalue weighted by atomic mass is 16.2. The Bertz CT molecular complexity index is 770. The fraction of sp³-hybridized carbons (Fsp3) is 0.650. The molecule has 5 nitrogen and oxygen atoms in total. The number of unbranched alkanes of at least 4 members (excludes halogenated alkanes) is 10. The SMILES string of the molecule is CCC=CCC=CCC=CCCCCCCCC(=O)NCCNCCNC(=O)CCCCCCCC=CCC=CCC=CCC. The van der Waals surface area contributed by atoms with E-state index in [2.05, 4.69) is 103 Å². The minimum Gasteiger partial charge on any atom is -0.355 e. The molecular formula is C40H69N3O2. The molecule has 5 heteroatoms. The van der Waals surface area contributed by atoms with Gasteiger partial charge in [0.2, 0.25) is 11.8 Å². The number of carbonyl (C=O) groups excluding carboxylic acids is 2. The number of allylic oxidation sites excluding steroid dienone is 12. The highest BCUT2D eigenvalue weighted by Gasteiger charge is 2.02. The normalized spacial score (nSPS) is 12.3. The van der Waals surface area contributed by atoms with Gasteiger partial charge in [-0.1, -0.05) is 125 Å². The van der Waals surface area contributed by atoms with Crippen LogP contribution in [0.5, 0.6) is 0 Å². The summed E-state index contributed by atoms with van der Waals surface area (Å²) in [6, 6.07) is 0. The summed E-state index contributed by atoms with van der Waals surface area (Å²) in [5, 5.41) is 9.26. The summed E-state index contributed by atoms with van der Waals surface area (Å²) in [5.41, 5.74) is 0. The third-order valence-electron chi connectivity index (χ3n) is 7.36. The summed E-state index contributed by atoms with van der Waals surface area (Å²) in [5.74, 6) is 0.281. The molecule has 0 aliphatic heterocycles. The molecule has 0 saturated heterocycles. The lowest BCUT2D eigenvalue weighted by Gasteiger charge is -2.08. The highest BCUT2D eigenvalue weighted by molar-refractivity contribution is 5.76. The molecule has 0 aromatic heterocycles. The number of rotatable bonds is 32. The number of amides is 2.